The van der Waals surface area contributed by atoms with Crippen LogP contribution >= 0.6 is 11.8 Å². The summed E-state index contributed by atoms with van der Waals surface area (Å²) < 4.78 is 5.33. The van der Waals surface area contributed by atoms with Gasteiger partial charge in [-0.3, -0.25) is 4.79 Å². The minimum Gasteiger partial charge on any atom is -0.479 e. The number of carboxylic acids is 1. The summed E-state index contributed by atoms with van der Waals surface area (Å²) >= 11 is 1.57. The van der Waals surface area contributed by atoms with E-state index in [4.69, 9.17) is 4.74 Å². The number of hydrogen-bond donors (Lipinski definition) is 2. The summed E-state index contributed by atoms with van der Waals surface area (Å²) in [6.45, 7) is 2.48. The molecule has 2 fully saturated rings. The highest BCUT2D eigenvalue weighted by Gasteiger charge is 2.49. The third-order valence-corrected chi connectivity index (χ3v) is 4.43. The second-order valence-corrected chi connectivity index (χ2v) is 5.62. The Labute approximate surface area is 104 Å². The number of ether oxygens (including phenoxy) is 1. The van der Waals surface area contributed by atoms with Gasteiger partial charge in [0.15, 0.2) is 0 Å². The van der Waals surface area contributed by atoms with E-state index < -0.39 is 11.5 Å². The second-order valence-electron chi connectivity index (χ2n) is 4.52. The molecule has 1 saturated carbocycles. The maximum absolute atomic E-state index is 11.9. The van der Waals surface area contributed by atoms with Crippen molar-refractivity contribution in [3.63, 3.8) is 0 Å². The molecule has 6 heteroatoms. The van der Waals surface area contributed by atoms with Gasteiger partial charge in [-0.05, 0) is 25.5 Å². The van der Waals surface area contributed by atoms with Gasteiger partial charge in [-0.2, -0.15) is 11.8 Å². The van der Waals surface area contributed by atoms with Gasteiger partial charge in [0.05, 0.1) is 12.0 Å². The van der Waals surface area contributed by atoms with Gasteiger partial charge in [0.25, 0.3) is 0 Å². The van der Waals surface area contributed by atoms with E-state index in [2.05, 4.69) is 5.32 Å². The number of hydrogen-bond acceptors (Lipinski definition) is 4. The quantitative estimate of drug-likeness (QED) is 0.751. The smallest absolute Gasteiger partial charge is 0.330 e. The fourth-order valence-electron chi connectivity index (χ4n) is 2.06. The van der Waals surface area contributed by atoms with Gasteiger partial charge in [0.1, 0.15) is 5.54 Å². The Balaban J connectivity index is 1.91. The van der Waals surface area contributed by atoms with Crippen molar-refractivity contribution in [2.75, 3.05) is 18.1 Å². The molecule has 1 heterocycles. The molecular weight excluding hydrogens is 242 g/mol. The summed E-state index contributed by atoms with van der Waals surface area (Å²) in [6.07, 6.45) is 1.20. The number of carbonyl (C=O) groups excluding carboxylic acids is 1. The topological polar surface area (TPSA) is 75.6 Å². The van der Waals surface area contributed by atoms with Crippen LogP contribution in [0.3, 0.4) is 0 Å². The van der Waals surface area contributed by atoms with Crippen molar-refractivity contribution in [1.29, 1.82) is 0 Å². The predicted molar refractivity (Wildman–Crippen MR) is 64.0 cm³/mol. The fourth-order valence-corrected chi connectivity index (χ4v) is 3.39. The SMILES string of the molecule is CCOC1CC1C(=O)NC1(C(=O)O)CCSC1. The number of rotatable bonds is 5. The monoisotopic (exact) mass is 259 g/mol. The normalized spacial score (nSPS) is 35.6. The molecule has 1 amide bonds. The number of nitrogens with one attached hydrogen (secondary N) is 1. The van der Waals surface area contributed by atoms with E-state index in [1.807, 2.05) is 6.92 Å². The highest BCUT2D eigenvalue weighted by molar-refractivity contribution is 7.99. The molecule has 0 aromatic carbocycles. The Kier molecular flexibility index (Phi) is 3.63. The third-order valence-electron chi connectivity index (χ3n) is 3.24. The first-order valence-electron chi connectivity index (χ1n) is 5.84. The van der Waals surface area contributed by atoms with Crippen LogP contribution in [-0.4, -0.2) is 46.7 Å². The van der Waals surface area contributed by atoms with Gasteiger partial charge in [0.2, 0.25) is 5.91 Å². The lowest BCUT2D eigenvalue weighted by Crippen LogP contribution is -2.55. The van der Waals surface area contributed by atoms with E-state index in [-0.39, 0.29) is 17.9 Å². The highest BCUT2D eigenvalue weighted by atomic mass is 32.2. The number of aliphatic carboxylic acids is 1. The minimum atomic E-state index is -1.05. The van der Waals surface area contributed by atoms with Crippen LogP contribution in [0.2, 0.25) is 0 Å². The largest absolute Gasteiger partial charge is 0.479 e. The molecule has 2 N–H and O–H groups in total. The van der Waals surface area contributed by atoms with Crippen LogP contribution in [-0.2, 0) is 14.3 Å². The third kappa shape index (κ3) is 2.57. The first-order chi connectivity index (χ1) is 8.09. The molecule has 0 radical (unpaired) electrons. The van der Waals surface area contributed by atoms with Crippen molar-refractivity contribution in [2.24, 2.45) is 5.92 Å². The Morgan fingerprint density at radius 3 is 2.88 bits per heavy atom. The van der Waals surface area contributed by atoms with Crippen molar-refractivity contribution in [2.45, 2.75) is 31.4 Å². The van der Waals surface area contributed by atoms with Crippen LogP contribution < -0.4 is 5.32 Å². The van der Waals surface area contributed by atoms with E-state index in [9.17, 15) is 14.7 Å². The molecule has 0 spiro atoms. The van der Waals surface area contributed by atoms with Gasteiger partial charge in [-0.1, -0.05) is 0 Å². The summed E-state index contributed by atoms with van der Waals surface area (Å²) in [4.78, 5) is 23.1. The Bertz CT molecular complexity index is 327. The molecule has 3 unspecified atom stereocenters. The van der Waals surface area contributed by atoms with Crippen LogP contribution in [0.15, 0.2) is 0 Å². The summed E-state index contributed by atoms with van der Waals surface area (Å²) in [5, 5.41) is 11.9. The number of thioether (sulfide) groups is 1. The molecule has 0 aromatic heterocycles. The van der Waals surface area contributed by atoms with Crippen LogP contribution in [0, 0.1) is 5.92 Å². The molecule has 2 rings (SSSR count). The Morgan fingerprint density at radius 1 is 1.59 bits per heavy atom. The van der Waals surface area contributed by atoms with Gasteiger partial charge >= 0.3 is 5.97 Å². The molecule has 0 aromatic rings. The van der Waals surface area contributed by atoms with E-state index in [0.29, 0.717) is 25.2 Å². The van der Waals surface area contributed by atoms with Crippen molar-refractivity contribution in [3.05, 3.63) is 0 Å². The zero-order chi connectivity index (χ0) is 12.5. The molecule has 2 aliphatic rings. The summed E-state index contributed by atoms with van der Waals surface area (Å²) in [5.41, 5.74) is -1.05. The molecule has 96 valence electrons. The minimum absolute atomic E-state index is 0.0140. The summed E-state index contributed by atoms with van der Waals surface area (Å²) in [5.74, 6) is -0.0127. The highest BCUT2D eigenvalue weighted by Crippen LogP contribution is 2.36. The molecule has 1 saturated heterocycles. The van der Waals surface area contributed by atoms with Gasteiger partial charge in [-0.15, -0.1) is 0 Å². The van der Waals surface area contributed by atoms with Gasteiger partial charge in [-0.25, -0.2) is 4.79 Å². The molecule has 17 heavy (non-hydrogen) atoms. The summed E-state index contributed by atoms with van der Waals surface area (Å²) in [7, 11) is 0. The molecule has 3 atom stereocenters. The zero-order valence-corrected chi connectivity index (χ0v) is 10.6. The lowest BCUT2D eigenvalue weighted by Gasteiger charge is -2.24. The predicted octanol–water partition coefficient (Wildman–Crippen LogP) is 0.488. The molecule has 0 bridgehead atoms. The molecule has 1 aliphatic carbocycles. The van der Waals surface area contributed by atoms with Crippen LogP contribution in [0.25, 0.3) is 0 Å². The molecular formula is C11H17NO4S. The Morgan fingerprint density at radius 2 is 2.35 bits per heavy atom. The number of amides is 1. The fraction of sp³-hybridized carbons (Fsp3) is 0.818. The maximum Gasteiger partial charge on any atom is 0.330 e. The van der Waals surface area contributed by atoms with Crippen LogP contribution in [0.1, 0.15) is 19.8 Å². The average molecular weight is 259 g/mol. The van der Waals surface area contributed by atoms with Crippen molar-refractivity contribution in [1.82, 2.24) is 5.32 Å². The standard InChI is InChI=1S/C11H17NO4S/c1-2-16-8-5-7(8)9(13)12-11(10(14)15)3-4-17-6-11/h7-8H,2-6H2,1H3,(H,12,13)(H,14,15). The lowest BCUT2D eigenvalue weighted by atomic mass is 9.99. The lowest BCUT2D eigenvalue weighted by molar-refractivity contribution is -0.146. The van der Waals surface area contributed by atoms with Crippen LogP contribution in [0.5, 0.6) is 0 Å². The first kappa shape index (κ1) is 12.7. The summed E-state index contributed by atoms with van der Waals surface area (Å²) in [6, 6.07) is 0. The average Bonchev–Trinajstić information content (AvgIpc) is 2.88. The molecule has 1 aliphatic heterocycles. The zero-order valence-electron chi connectivity index (χ0n) is 9.77. The van der Waals surface area contributed by atoms with Crippen molar-refractivity contribution >= 4 is 23.6 Å². The van der Waals surface area contributed by atoms with E-state index in [0.717, 1.165) is 5.75 Å². The van der Waals surface area contributed by atoms with E-state index in [1.165, 1.54) is 0 Å². The Hall–Kier alpha value is -0.750. The van der Waals surface area contributed by atoms with E-state index >= 15 is 0 Å². The van der Waals surface area contributed by atoms with Crippen LogP contribution in [0.4, 0.5) is 0 Å². The van der Waals surface area contributed by atoms with E-state index in [1.54, 1.807) is 11.8 Å². The second kappa shape index (κ2) is 4.86. The van der Waals surface area contributed by atoms with Gasteiger partial charge in [0, 0.05) is 12.4 Å². The van der Waals surface area contributed by atoms with Crippen molar-refractivity contribution in [3.8, 4) is 0 Å². The van der Waals surface area contributed by atoms with Gasteiger partial charge < -0.3 is 15.2 Å². The van der Waals surface area contributed by atoms with Crippen molar-refractivity contribution < 1.29 is 19.4 Å². The molecule has 5 nitrogen and oxygen atoms in total. The number of carboxylic acid groups (broad SMARTS) is 1. The maximum atomic E-state index is 11.9. The number of carbonyl (C=O) groups is 2. The first-order valence-corrected chi connectivity index (χ1v) is 6.99.